The Bertz CT molecular complexity index is 397. The van der Waals surface area contributed by atoms with E-state index in [1.807, 2.05) is 11.6 Å². The van der Waals surface area contributed by atoms with E-state index in [4.69, 9.17) is 9.47 Å². The molecular formula is C14H25N3O3. The van der Waals surface area contributed by atoms with Gasteiger partial charge in [0.15, 0.2) is 0 Å². The molecule has 0 aromatic carbocycles. The van der Waals surface area contributed by atoms with Gasteiger partial charge in [0.1, 0.15) is 12.2 Å². The van der Waals surface area contributed by atoms with Crippen LogP contribution in [-0.4, -0.2) is 51.4 Å². The Hall–Kier alpha value is -0.980. The molecule has 20 heavy (non-hydrogen) atoms. The summed E-state index contributed by atoms with van der Waals surface area (Å²) >= 11 is 0. The molecule has 1 aromatic rings. The molecule has 1 saturated heterocycles. The van der Waals surface area contributed by atoms with Crippen LogP contribution in [0.25, 0.3) is 0 Å². The van der Waals surface area contributed by atoms with Gasteiger partial charge in [0.05, 0.1) is 11.7 Å². The van der Waals surface area contributed by atoms with E-state index in [-0.39, 0.29) is 0 Å². The van der Waals surface area contributed by atoms with Crippen molar-refractivity contribution in [3.8, 4) is 0 Å². The van der Waals surface area contributed by atoms with E-state index >= 15 is 0 Å². The maximum absolute atomic E-state index is 10.7. The Morgan fingerprint density at radius 2 is 2.20 bits per heavy atom. The lowest BCUT2D eigenvalue weighted by Gasteiger charge is -2.40. The third-order valence-electron chi connectivity index (χ3n) is 3.89. The second-order valence-corrected chi connectivity index (χ2v) is 5.23. The summed E-state index contributed by atoms with van der Waals surface area (Å²) in [5.41, 5.74) is -0.504. The first-order valence-electron chi connectivity index (χ1n) is 7.48. The van der Waals surface area contributed by atoms with Crippen molar-refractivity contribution < 1.29 is 14.6 Å². The molecule has 2 rings (SSSR count). The quantitative estimate of drug-likeness (QED) is 0.813. The van der Waals surface area contributed by atoms with Crippen molar-refractivity contribution in [3.05, 3.63) is 12.2 Å². The molecule has 0 bridgehead atoms. The summed E-state index contributed by atoms with van der Waals surface area (Å²) in [6.07, 6.45) is 3.89. The van der Waals surface area contributed by atoms with Crippen molar-refractivity contribution in [1.82, 2.24) is 14.8 Å². The lowest BCUT2D eigenvalue weighted by Crippen LogP contribution is -2.50. The van der Waals surface area contributed by atoms with E-state index < -0.39 is 11.7 Å². The molecule has 6 heteroatoms. The van der Waals surface area contributed by atoms with Gasteiger partial charge in [-0.3, -0.25) is 4.68 Å². The largest absolute Gasteiger partial charge is 0.390 e. The molecule has 1 aliphatic heterocycles. The Labute approximate surface area is 120 Å². The van der Waals surface area contributed by atoms with E-state index in [9.17, 15) is 5.11 Å². The zero-order valence-electron chi connectivity index (χ0n) is 12.4. The van der Waals surface area contributed by atoms with Crippen molar-refractivity contribution >= 4 is 0 Å². The fraction of sp³-hybridized carbons (Fsp3) is 0.857. The number of nitrogens with zero attached hydrogens (tertiary/aromatic N) is 3. The van der Waals surface area contributed by atoms with Crippen molar-refractivity contribution in [2.24, 2.45) is 0 Å². The average Bonchev–Trinajstić information content (AvgIpc) is 2.88. The summed E-state index contributed by atoms with van der Waals surface area (Å²) in [5, 5.41) is 14.9. The number of hydrogen-bond acceptors (Lipinski definition) is 5. The van der Waals surface area contributed by atoms with Crippen LogP contribution in [0.3, 0.4) is 0 Å². The minimum Gasteiger partial charge on any atom is -0.390 e. The molecule has 2 heterocycles. The number of ether oxygens (including phenoxy) is 2. The first-order chi connectivity index (χ1) is 9.72. The van der Waals surface area contributed by atoms with Gasteiger partial charge >= 0.3 is 0 Å². The third kappa shape index (κ3) is 3.37. The highest BCUT2D eigenvalue weighted by Gasteiger charge is 2.41. The Morgan fingerprint density at radius 1 is 1.45 bits per heavy atom. The van der Waals surface area contributed by atoms with E-state index in [1.165, 1.54) is 0 Å². The number of hydrogen-bond donors (Lipinski definition) is 1. The smallest absolute Gasteiger partial charge is 0.138 e. The van der Waals surface area contributed by atoms with Gasteiger partial charge in [-0.1, -0.05) is 6.92 Å². The third-order valence-corrected chi connectivity index (χ3v) is 3.89. The number of rotatable bonds is 7. The molecule has 1 N–H and O–H groups in total. The average molecular weight is 283 g/mol. The van der Waals surface area contributed by atoms with Gasteiger partial charge in [0.25, 0.3) is 0 Å². The maximum atomic E-state index is 10.7. The minimum absolute atomic E-state index is 0.472. The standard InChI is InChI=1S/C14H25N3O3/c1-3-7-17-13(15-11-16-17)10-12(18)14(20-4-2)5-8-19-9-6-14/h11-12,18H,3-10H2,1-2H3. The van der Waals surface area contributed by atoms with E-state index in [1.54, 1.807) is 6.33 Å². The van der Waals surface area contributed by atoms with Crippen LogP contribution in [0.15, 0.2) is 6.33 Å². The van der Waals surface area contributed by atoms with Crippen LogP contribution in [0.4, 0.5) is 0 Å². The molecule has 1 atom stereocenters. The minimum atomic E-state index is -0.578. The van der Waals surface area contributed by atoms with Crippen LogP contribution in [0.1, 0.15) is 38.9 Å². The molecule has 0 amide bonds. The topological polar surface area (TPSA) is 69.4 Å². The number of aromatic nitrogens is 3. The van der Waals surface area contributed by atoms with Gasteiger partial charge in [-0.15, -0.1) is 0 Å². The van der Waals surface area contributed by atoms with Gasteiger partial charge in [0.2, 0.25) is 0 Å². The molecule has 0 saturated carbocycles. The zero-order valence-corrected chi connectivity index (χ0v) is 12.4. The summed E-state index contributed by atoms with van der Waals surface area (Å²) in [5.74, 6) is 0.824. The normalized spacial score (nSPS) is 19.9. The van der Waals surface area contributed by atoms with Gasteiger partial charge < -0.3 is 14.6 Å². The van der Waals surface area contributed by atoms with Crippen molar-refractivity contribution in [2.45, 2.75) is 57.8 Å². The highest BCUT2D eigenvalue weighted by molar-refractivity contribution is 4.97. The molecule has 1 aliphatic rings. The Morgan fingerprint density at radius 3 is 2.85 bits per heavy atom. The molecule has 1 aromatic heterocycles. The SMILES string of the molecule is CCCn1ncnc1CC(O)C1(OCC)CCOCC1. The molecule has 0 radical (unpaired) electrons. The van der Waals surface area contributed by atoms with Gasteiger partial charge in [-0.2, -0.15) is 5.10 Å². The second kappa shape index (κ2) is 7.15. The van der Waals surface area contributed by atoms with Crippen LogP contribution < -0.4 is 0 Å². The van der Waals surface area contributed by atoms with E-state index in [0.717, 1.165) is 31.6 Å². The lowest BCUT2D eigenvalue weighted by molar-refractivity contribution is -0.165. The highest BCUT2D eigenvalue weighted by atomic mass is 16.5. The zero-order chi connectivity index (χ0) is 14.4. The van der Waals surface area contributed by atoms with Crippen LogP contribution in [-0.2, 0) is 22.4 Å². The molecule has 0 spiro atoms. The van der Waals surface area contributed by atoms with Crippen LogP contribution >= 0.6 is 0 Å². The Kier molecular flexibility index (Phi) is 5.51. The molecule has 114 valence electrons. The number of aryl methyl sites for hydroxylation is 1. The molecular weight excluding hydrogens is 258 g/mol. The van der Waals surface area contributed by atoms with Crippen LogP contribution in [0, 0.1) is 0 Å². The number of aliphatic hydroxyl groups is 1. The second-order valence-electron chi connectivity index (χ2n) is 5.23. The summed E-state index contributed by atoms with van der Waals surface area (Å²) in [4.78, 5) is 4.27. The lowest BCUT2D eigenvalue weighted by atomic mass is 9.86. The van der Waals surface area contributed by atoms with E-state index in [0.29, 0.717) is 26.2 Å². The first kappa shape index (κ1) is 15.4. The molecule has 1 unspecified atom stereocenters. The molecule has 0 aliphatic carbocycles. The van der Waals surface area contributed by atoms with Gasteiger partial charge in [-0.25, -0.2) is 4.98 Å². The maximum Gasteiger partial charge on any atom is 0.138 e. The fourth-order valence-corrected chi connectivity index (χ4v) is 2.78. The Balaban J connectivity index is 2.07. The van der Waals surface area contributed by atoms with Crippen molar-refractivity contribution in [2.75, 3.05) is 19.8 Å². The monoisotopic (exact) mass is 283 g/mol. The van der Waals surface area contributed by atoms with Crippen LogP contribution in [0.2, 0.25) is 0 Å². The number of aliphatic hydroxyl groups excluding tert-OH is 1. The van der Waals surface area contributed by atoms with Crippen LogP contribution in [0.5, 0.6) is 0 Å². The molecule has 6 nitrogen and oxygen atoms in total. The fourth-order valence-electron chi connectivity index (χ4n) is 2.78. The summed E-state index contributed by atoms with van der Waals surface area (Å²) < 4.78 is 13.2. The highest BCUT2D eigenvalue weighted by Crippen LogP contribution is 2.30. The summed E-state index contributed by atoms with van der Waals surface area (Å²) in [6.45, 7) is 6.76. The first-order valence-corrected chi connectivity index (χ1v) is 7.48. The van der Waals surface area contributed by atoms with E-state index in [2.05, 4.69) is 17.0 Å². The van der Waals surface area contributed by atoms with Crippen molar-refractivity contribution in [1.29, 1.82) is 0 Å². The van der Waals surface area contributed by atoms with Crippen molar-refractivity contribution in [3.63, 3.8) is 0 Å². The van der Waals surface area contributed by atoms with Gasteiger partial charge in [0, 0.05) is 45.6 Å². The predicted molar refractivity (Wildman–Crippen MR) is 74.4 cm³/mol. The van der Waals surface area contributed by atoms with Gasteiger partial charge in [-0.05, 0) is 13.3 Å². The molecule has 1 fully saturated rings. The summed E-state index contributed by atoms with van der Waals surface area (Å²) in [6, 6.07) is 0. The summed E-state index contributed by atoms with van der Waals surface area (Å²) in [7, 11) is 0. The predicted octanol–water partition coefficient (Wildman–Crippen LogP) is 1.18.